The SMILES string of the molecule is C/C=C1\N(c2c(C)cccc2F)Cc2cnc(N)nc2N1[C@H]1CC[C@@H](NC)CC1. The summed E-state index contributed by atoms with van der Waals surface area (Å²) < 4.78 is 14.9. The van der Waals surface area contributed by atoms with Crippen molar-refractivity contribution < 1.29 is 4.39 Å². The van der Waals surface area contributed by atoms with Crippen LogP contribution < -0.4 is 20.9 Å². The van der Waals surface area contributed by atoms with Gasteiger partial charge in [0.25, 0.3) is 0 Å². The van der Waals surface area contributed by atoms with E-state index in [2.05, 4.69) is 31.2 Å². The molecule has 1 aromatic heterocycles. The van der Waals surface area contributed by atoms with E-state index >= 15 is 0 Å². The Morgan fingerprint density at radius 1 is 1.24 bits per heavy atom. The highest BCUT2D eigenvalue weighted by molar-refractivity contribution is 5.69. The molecule has 0 amide bonds. The molecule has 3 N–H and O–H groups in total. The number of nitrogen functional groups attached to an aromatic ring is 1. The molecule has 2 aromatic rings. The fourth-order valence-electron chi connectivity index (χ4n) is 4.66. The number of benzene rings is 1. The number of anilines is 3. The molecule has 0 bridgehead atoms. The topological polar surface area (TPSA) is 70.3 Å². The van der Waals surface area contributed by atoms with Gasteiger partial charge in [-0.05, 0) is 64.3 Å². The molecule has 0 unspecified atom stereocenters. The molecule has 1 aliphatic heterocycles. The number of aromatic nitrogens is 2. The zero-order valence-corrected chi connectivity index (χ0v) is 17.3. The summed E-state index contributed by atoms with van der Waals surface area (Å²) >= 11 is 0. The second kappa shape index (κ2) is 7.99. The van der Waals surface area contributed by atoms with Gasteiger partial charge >= 0.3 is 0 Å². The number of hydrogen-bond acceptors (Lipinski definition) is 6. The third-order valence-electron chi connectivity index (χ3n) is 6.13. The highest BCUT2D eigenvalue weighted by atomic mass is 19.1. The maximum atomic E-state index is 14.9. The van der Waals surface area contributed by atoms with E-state index < -0.39 is 0 Å². The van der Waals surface area contributed by atoms with Gasteiger partial charge in [0, 0.05) is 23.8 Å². The summed E-state index contributed by atoms with van der Waals surface area (Å²) in [5.41, 5.74) is 8.42. The second-order valence-corrected chi connectivity index (χ2v) is 7.88. The fraction of sp³-hybridized carbons (Fsp3) is 0.455. The number of fused-ring (bicyclic) bond motifs is 1. The van der Waals surface area contributed by atoms with E-state index in [0.29, 0.717) is 18.3 Å². The van der Waals surface area contributed by atoms with E-state index in [0.717, 1.165) is 48.4 Å². The maximum Gasteiger partial charge on any atom is 0.221 e. The molecule has 1 aromatic carbocycles. The zero-order chi connectivity index (χ0) is 20.5. The van der Waals surface area contributed by atoms with Crippen molar-refractivity contribution in [1.29, 1.82) is 0 Å². The average molecular weight is 397 g/mol. The Balaban J connectivity index is 1.81. The lowest BCUT2D eigenvalue weighted by Gasteiger charge is -2.46. The molecule has 2 aliphatic rings. The Bertz CT molecular complexity index is 899. The van der Waals surface area contributed by atoms with Crippen molar-refractivity contribution in [2.75, 3.05) is 22.6 Å². The fourth-order valence-corrected chi connectivity index (χ4v) is 4.66. The highest BCUT2D eigenvalue weighted by Crippen LogP contribution is 2.41. The largest absolute Gasteiger partial charge is 0.368 e. The maximum absolute atomic E-state index is 14.9. The van der Waals surface area contributed by atoms with Crippen molar-refractivity contribution in [2.45, 2.75) is 58.2 Å². The van der Waals surface area contributed by atoms with Crippen molar-refractivity contribution in [3.63, 3.8) is 0 Å². The number of nitrogens with one attached hydrogen (secondary N) is 1. The molecule has 2 heterocycles. The molecule has 7 heteroatoms. The molecule has 0 radical (unpaired) electrons. The summed E-state index contributed by atoms with van der Waals surface area (Å²) in [7, 11) is 2.02. The first-order valence-corrected chi connectivity index (χ1v) is 10.3. The summed E-state index contributed by atoms with van der Waals surface area (Å²) in [6, 6.07) is 6.05. The molecule has 0 atom stereocenters. The van der Waals surface area contributed by atoms with Gasteiger partial charge < -0.3 is 20.9 Å². The lowest BCUT2D eigenvalue weighted by atomic mass is 9.89. The lowest BCUT2D eigenvalue weighted by molar-refractivity contribution is 0.348. The number of allylic oxidation sites excluding steroid dienone is 1. The van der Waals surface area contributed by atoms with Gasteiger partial charge in [0.05, 0.1) is 12.2 Å². The molecular weight excluding hydrogens is 367 g/mol. The number of para-hydroxylation sites is 1. The molecule has 154 valence electrons. The van der Waals surface area contributed by atoms with Crippen LogP contribution in [0.4, 0.5) is 21.8 Å². The van der Waals surface area contributed by atoms with Crippen LogP contribution in [0.3, 0.4) is 0 Å². The first-order chi connectivity index (χ1) is 14.0. The van der Waals surface area contributed by atoms with Crippen LogP contribution in [-0.4, -0.2) is 29.1 Å². The molecule has 1 fully saturated rings. The highest BCUT2D eigenvalue weighted by Gasteiger charge is 2.36. The Morgan fingerprint density at radius 2 is 2.00 bits per heavy atom. The van der Waals surface area contributed by atoms with Gasteiger partial charge in [-0.15, -0.1) is 0 Å². The summed E-state index contributed by atoms with van der Waals surface area (Å²) in [6.45, 7) is 4.46. The standard InChI is InChI=1S/C22H29FN6/c1-4-19-28(20-14(2)6-5-7-18(20)23)13-15-12-26-22(24)27-21(15)29(19)17-10-8-16(25-3)9-11-17/h4-7,12,16-17,25H,8-11,13H2,1-3H3,(H2,24,26,27)/b19-4+/t16-,17+. The van der Waals surface area contributed by atoms with Crippen LogP contribution in [0.25, 0.3) is 0 Å². The Kier molecular flexibility index (Phi) is 5.41. The van der Waals surface area contributed by atoms with Crippen LogP contribution in [0.15, 0.2) is 36.3 Å². The number of halogens is 1. The average Bonchev–Trinajstić information content (AvgIpc) is 2.73. The Hall–Kier alpha value is -2.67. The van der Waals surface area contributed by atoms with Crippen molar-refractivity contribution in [1.82, 2.24) is 15.3 Å². The van der Waals surface area contributed by atoms with Gasteiger partial charge in [-0.1, -0.05) is 12.1 Å². The minimum Gasteiger partial charge on any atom is -0.368 e. The van der Waals surface area contributed by atoms with Crippen molar-refractivity contribution >= 4 is 17.5 Å². The molecule has 0 spiro atoms. The third kappa shape index (κ3) is 3.55. The van der Waals surface area contributed by atoms with Gasteiger partial charge in [0.1, 0.15) is 17.5 Å². The Labute approximate surface area is 171 Å². The van der Waals surface area contributed by atoms with Crippen LogP contribution in [0.2, 0.25) is 0 Å². The normalized spacial score (nSPS) is 23.4. The number of rotatable bonds is 3. The van der Waals surface area contributed by atoms with Crippen molar-refractivity contribution in [3.05, 3.63) is 53.2 Å². The first-order valence-electron chi connectivity index (χ1n) is 10.3. The van der Waals surface area contributed by atoms with E-state index in [1.807, 2.05) is 27.0 Å². The summed E-state index contributed by atoms with van der Waals surface area (Å²) in [4.78, 5) is 13.1. The minimum atomic E-state index is -0.219. The molecule has 29 heavy (non-hydrogen) atoms. The zero-order valence-electron chi connectivity index (χ0n) is 17.3. The first kappa shape index (κ1) is 19.6. The molecule has 1 aliphatic carbocycles. The molecule has 0 saturated heterocycles. The van der Waals surface area contributed by atoms with Gasteiger partial charge in [0.2, 0.25) is 5.95 Å². The summed E-state index contributed by atoms with van der Waals surface area (Å²) in [6.07, 6.45) is 8.11. The quantitative estimate of drug-likeness (QED) is 0.824. The van der Waals surface area contributed by atoms with E-state index in [1.165, 1.54) is 6.07 Å². The monoisotopic (exact) mass is 396 g/mol. The van der Waals surface area contributed by atoms with Crippen LogP contribution in [0, 0.1) is 12.7 Å². The number of hydrogen-bond donors (Lipinski definition) is 2. The third-order valence-corrected chi connectivity index (χ3v) is 6.13. The predicted octanol–water partition coefficient (Wildman–Crippen LogP) is 3.72. The van der Waals surface area contributed by atoms with E-state index in [-0.39, 0.29) is 17.8 Å². The number of nitrogens with zero attached hydrogens (tertiary/aromatic N) is 4. The number of nitrogens with two attached hydrogens (primary N) is 1. The van der Waals surface area contributed by atoms with E-state index in [9.17, 15) is 4.39 Å². The molecule has 6 nitrogen and oxygen atoms in total. The van der Waals surface area contributed by atoms with E-state index in [1.54, 1.807) is 12.3 Å². The smallest absolute Gasteiger partial charge is 0.221 e. The van der Waals surface area contributed by atoms with Gasteiger partial charge in [-0.25, -0.2) is 9.37 Å². The molecular formula is C22H29FN6. The second-order valence-electron chi connectivity index (χ2n) is 7.88. The van der Waals surface area contributed by atoms with Crippen molar-refractivity contribution in [2.24, 2.45) is 0 Å². The Morgan fingerprint density at radius 3 is 2.66 bits per heavy atom. The lowest BCUT2D eigenvalue weighted by Crippen LogP contribution is -2.49. The van der Waals surface area contributed by atoms with Crippen LogP contribution in [0.5, 0.6) is 0 Å². The van der Waals surface area contributed by atoms with Gasteiger partial charge in [0.15, 0.2) is 0 Å². The van der Waals surface area contributed by atoms with Crippen LogP contribution in [0.1, 0.15) is 43.7 Å². The van der Waals surface area contributed by atoms with Crippen molar-refractivity contribution in [3.8, 4) is 0 Å². The van der Waals surface area contributed by atoms with E-state index in [4.69, 9.17) is 5.73 Å². The summed E-state index contributed by atoms with van der Waals surface area (Å²) in [5, 5.41) is 3.39. The van der Waals surface area contributed by atoms with Crippen LogP contribution >= 0.6 is 0 Å². The molecule has 4 rings (SSSR count). The minimum absolute atomic E-state index is 0.219. The predicted molar refractivity (Wildman–Crippen MR) is 115 cm³/mol. The van der Waals surface area contributed by atoms with Crippen LogP contribution in [-0.2, 0) is 6.54 Å². The van der Waals surface area contributed by atoms with Gasteiger partial charge in [-0.3, -0.25) is 0 Å². The van der Waals surface area contributed by atoms with Gasteiger partial charge in [-0.2, -0.15) is 4.98 Å². The molecule has 1 saturated carbocycles. The summed E-state index contributed by atoms with van der Waals surface area (Å²) in [5.74, 6) is 1.85. The number of aryl methyl sites for hydroxylation is 1.